The monoisotopic (exact) mass is 168 g/mol. The predicted molar refractivity (Wildman–Crippen MR) is 54.6 cm³/mol. The number of hydrazine groups is 1. The predicted octanol–water partition coefficient (Wildman–Crippen LogP) is 2.26. The van der Waals surface area contributed by atoms with Gasteiger partial charge in [0, 0.05) is 26.3 Å². The molecule has 0 aromatic rings. The van der Waals surface area contributed by atoms with Crippen molar-refractivity contribution in [2.75, 3.05) is 20.6 Å². The Balaban J connectivity index is 4.00. The average molecular weight is 168 g/mol. The van der Waals surface area contributed by atoms with Gasteiger partial charge in [-0.3, -0.25) is 0 Å². The smallest absolute Gasteiger partial charge is 0.0443 e. The maximum atomic E-state index is 3.96. The molecule has 0 aliphatic rings. The van der Waals surface area contributed by atoms with Gasteiger partial charge in [-0.05, 0) is 12.5 Å². The van der Waals surface area contributed by atoms with E-state index in [1.54, 1.807) is 0 Å². The number of nitrogens with zero attached hydrogens (tertiary/aromatic N) is 2. The van der Waals surface area contributed by atoms with Gasteiger partial charge in [0.15, 0.2) is 0 Å². The molecule has 0 aromatic heterocycles. The summed E-state index contributed by atoms with van der Waals surface area (Å²) in [4.78, 5) is 0. The molecule has 0 atom stereocenters. The minimum atomic E-state index is 0.996. The molecule has 0 rings (SSSR count). The van der Waals surface area contributed by atoms with E-state index in [0.717, 1.165) is 18.7 Å². The van der Waals surface area contributed by atoms with Crippen molar-refractivity contribution in [3.05, 3.63) is 24.4 Å². The highest BCUT2D eigenvalue weighted by Crippen LogP contribution is 2.03. The van der Waals surface area contributed by atoms with Gasteiger partial charge in [-0.2, -0.15) is 0 Å². The van der Waals surface area contributed by atoms with Gasteiger partial charge < -0.3 is 5.01 Å². The van der Waals surface area contributed by atoms with Crippen LogP contribution in [0.3, 0.4) is 0 Å². The summed E-state index contributed by atoms with van der Waals surface area (Å²) in [5.74, 6) is 0. The zero-order valence-corrected chi connectivity index (χ0v) is 8.67. The molecule has 0 aromatic carbocycles. The van der Waals surface area contributed by atoms with E-state index in [-0.39, 0.29) is 0 Å². The van der Waals surface area contributed by atoms with Crippen LogP contribution in [0.25, 0.3) is 0 Å². The maximum Gasteiger partial charge on any atom is 0.0443 e. The second-order valence-electron chi connectivity index (χ2n) is 2.80. The minimum absolute atomic E-state index is 0.996. The van der Waals surface area contributed by atoms with Crippen molar-refractivity contribution in [2.24, 2.45) is 0 Å². The number of rotatable bonds is 5. The summed E-state index contributed by atoms with van der Waals surface area (Å²) < 4.78 is 0. The van der Waals surface area contributed by atoms with Gasteiger partial charge in [0.05, 0.1) is 0 Å². The third kappa shape index (κ3) is 3.58. The lowest BCUT2D eigenvalue weighted by Gasteiger charge is -2.29. The zero-order chi connectivity index (χ0) is 9.56. The molecule has 0 aliphatic carbocycles. The Hall–Kier alpha value is -0.760. The first kappa shape index (κ1) is 11.2. The Morgan fingerprint density at radius 2 is 1.92 bits per heavy atom. The zero-order valence-electron chi connectivity index (χ0n) is 8.67. The van der Waals surface area contributed by atoms with Crippen molar-refractivity contribution >= 4 is 0 Å². The fourth-order valence-electron chi connectivity index (χ4n) is 0.793. The topological polar surface area (TPSA) is 6.48 Å². The van der Waals surface area contributed by atoms with Gasteiger partial charge in [0.25, 0.3) is 0 Å². The van der Waals surface area contributed by atoms with Crippen molar-refractivity contribution in [1.82, 2.24) is 10.0 Å². The first-order valence-electron chi connectivity index (χ1n) is 4.43. The van der Waals surface area contributed by atoms with Crippen molar-refractivity contribution in [3.8, 4) is 0 Å². The van der Waals surface area contributed by atoms with E-state index in [0.29, 0.717) is 0 Å². The van der Waals surface area contributed by atoms with Crippen molar-refractivity contribution in [3.63, 3.8) is 0 Å². The highest BCUT2D eigenvalue weighted by molar-refractivity contribution is 5.11. The Morgan fingerprint density at radius 1 is 1.33 bits per heavy atom. The molecule has 0 N–H and O–H groups in total. The summed E-state index contributed by atoms with van der Waals surface area (Å²) in [6, 6.07) is 0. The molecule has 0 amide bonds. The molecule has 2 nitrogen and oxygen atoms in total. The lowest BCUT2D eigenvalue weighted by Crippen LogP contribution is -2.34. The molecule has 0 fully saturated rings. The Morgan fingerprint density at radius 3 is 2.33 bits per heavy atom. The van der Waals surface area contributed by atoms with Gasteiger partial charge in [-0.25, -0.2) is 5.01 Å². The standard InChI is InChI=1S/C10H20N2/c1-6-8-9-10(3)12(5)11(4)7-2/h8-9H,3,6-7H2,1-2,4-5H3/b9-8-. The third-order valence-electron chi connectivity index (χ3n) is 1.93. The van der Waals surface area contributed by atoms with Crippen LogP contribution in [0.4, 0.5) is 0 Å². The van der Waals surface area contributed by atoms with Crippen LogP contribution < -0.4 is 0 Å². The fourth-order valence-corrected chi connectivity index (χ4v) is 0.793. The summed E-state index contributed by atoms with van der Waals surface area (Å²) in [6.45, 7) is 9.19. The van der Waals surface area contributed by atoms with Crippen LogP contribution in [0.15, 0.2) is 24.4 Å². The molecule has 2 heteroatoms. The molecule has 0 spiro atoms. The van der Waals surface area contributed by atoms with Gasteiger partial charge in [0.2, 0.25) is 0 Å². The van der Waals surface area contributed by atoms with Crippen molar-refractivity contribution in [2.45, 2.75) is 20.3 Å². The van der Waals surface area contributed by atoms with Crippen LogP contribution in [-0.2, 0) is 0 Å². The molecule has 0 aliphatic heterocycles. The number of likely N-dealkylation sites (N-methyl/N-ethyl adjacent to an activating group) is 1. The molecule has 0 unspecified atom stereocenters. The van der Waals surface area contributed by atoms with E-state index >= 15 is 0 Å². The van der Waals surface area contributed by atoms with Gasteiger partial charge in [-0.1, -0.05) is 26.5 Å². The maximum absolute atomic E-state index is 3.96. The van der Waals surface area contributed by atoms with Crippen LogP contribution in [0.5, 0.6) is 0 Å². The van der Waals surface area contributed by atoms with E-state index < -0.39 is 0 Å². The van der Waals surface area contributed by atoms with Crippen molar-refractivity contribution in [1.29, 1.82) is 0 Å². The second kappa shape index (κ2) is 5.84. The summed E-state index contributed by atoms with van der Waals surface area (Å²) >= 11 is 0. The summed E-state index contributed by atoms with van der Waals surface area (Å²) in [5.41, 5.74) is 1.03. The number of allylic oxidation sites excluding steroid dienone is 2. The largest absolute Gasteiger partial charge is 0.310 e. The van der Waals surface area contributed by atoms with Crippen LogP contribution >= 0.6 is 0 Å². The number of hydrogen-bond donors (Lipinski definition) is 0. The van der Waals surface area contributed by atoms with Crippen LogP contribution in [0.1, 0.15) is 20.3 Å². The number of hydrogen-bond acceptors (Lipinski definition) is 2. The van der Waals surface area contributed by atoms with Gasteiger partial charge in [-0.15, -0.1) is 0 Å². The molecular formula is C10H20N2. The molecule has 0 radical (unpaired) electrons. The van der Waals surface area contributed by atoms with Crippen LogP contribution in [-0.4, -0.2) is 30.7 Å². The molecule has 0 heterocycles. The van der Waals surface area contributed by atoms with Crippen molar-refractivity contribution < 1.29 is 0 Å². The third-order valence-corrected chi connectivity index (χ3v) is 1.93. The lowest BCUT2D eigenvalue weighted by atomic mass is 10.3. The summed E-state index contributed by atoms with van der Waals surface area (Å²) in [6.07, 6.45) is 5.22. The van der Waals surface area contributed by atoms with Crippen LogP contribution in [0, 0.1) is 0 Å². The molecule has 70 valence electrons. The van der Waals surface area contributed by atoms with E-state index in [2.05, 4.69) is 31.5 Å². The molecule has 0 saturated carbocycles. The quantitative estimate of drug-likeness (QED) is 0.459. The highest BCUT2D eigenvalue weighted by Gasteiger charge is 2.01. The first-order chi connectivity index (χ1) is 5.63. The van der Waals surface area contributed by atoms with E-state index in [1.165, 1.54) is 0 Å². The molecule has 0 saturated heterocycles. The second-order valence-corrected chi connectivity index (χ2v) is 2.80. The molecular weight excluding hydrogens is 148 g/mol. The first-order valence-corrected chi connectivity index (χ1v) is 4.43. The molecule has 0 bridgehead atoms. The van der Waals surface area contributed by atoms with E-state index in [4.69, 9.17) is 0 Å². The Labute approximate surface area is 76.1 Å². The summed E-state index contributed by atoms with van der Waals surface area (Å²) in [5, 5.41) is 4.16. The Bertz CT molecular complexity index is 161. The minimum Gasteiger partial charge on any atom is -0.310 e. The normalized spacial score (nSPS) is 11.1. The summed E-state index contributed by atoms with van der Waals surface area (Å²) in [7, 11) is 4.07. The van der Waals surface area contributed by atoms with Gasteiger partial charge >= 0.3 is 0 Å². The highest BCUT2D eigenvalue weighted by atomic mass is 15.6. The fraction of sp³-hybridized carbons (Fsp3) is 0.600. The van der Waals surface area contributed by atoms with Gasteiger partial charge in [0.1, 0.15) is 0 Å². The Kier molecular flexibility index (Phi) is 5.47. The van der Waals surface area contributed by atoms with E-state index in [9.17, 15) is 0 Å². The van der Waals surface area contributed by atoms with Crippen LogP contribution in [0.2, 0.25) is 0 Å². The molecule has 12 heavy (non-hydrogen) atoms. The van der Waals surface area contributed by atoms with E-state index in [1.807, 2.05) is 25.2 Å². The SMILES string of the molecule is C=C(/C=C\CC)N(C)N(C)CC. The average Bonchev–Trinajstić information content (AvgIpc) is 2.11. The lowest BCUT2D eigenvalue weighted by molar-refractivity contribution is 0.0769.